The fraction of sp³-hybridized carbons (Fsp3) is 0.200. The Bertz CT molecular complexity index is 372. The lowest BCUT2D eigenvalue weighted by atomic mass is 9.99. The third kappa shape index (κ3) is 1.84. The molecule has 1 aromatic rings. The van der Waals surface area contributed by atoms with E-state index in [0.29, 0.717) is 6.29 Å². The van der Waals surface area contributed by atoms with Crippen molar-refractivity contribution in [2.45, 2.75) is 13.3 Å². The lowest BCUT2D eigenvalue weighted by Gasteiger charge is -2.07. The van der Waals surface area contributed by atoms with Crippen LogP contribution in [0.1, 0.15) is 39.6 Å². The van der Waals surface area contributed by atoms with Gasteiger partial charge in [-0.05, 0) is 6.92 Å². The second kappa shape index (κ2) is 4.09. The predicted molar refractivity (Wildman–Crippen MR) is 46.8 cm³/mol. The van der Waals surface area contributed by atoms with Gasteiger partial charge in [0, 0.05) is 16.7 Å². The molecule has 0 spiro atoms. The number of carbonyl (C=O) groups is 2. The Morgan fingerprint density at radius 3 is 2.50 bits per heavy atom. The zero-order valence-electron chi connectivity index (χ0n) is 7.46. The van der Waals surface area contributed by atoms with Gasteiger partial charge in [0.05, 0.1) is 0 Å². The highest BCUT2D eigenvalue weighted by molar-refractivity contribution is 6.02. The molecule has 0 aliphatic heterocycles. The summed E-state index contributed by atoms with van der Waals surface area (Å²) >= 11 is 0. The zero-order valence-corrected chi connectivity index (χ0v) is 7.46. The topological polar surface area (TPSA) is 34.1 Å². The summed E-state index contributed by atoms with van der Waals surface area (Å²) in [7, 11) is 0. The molecule has 74 valence electrons. The molecule has 4 heteroatoms. The summed E-state index contributed by atoms with van der Waals surface area (Å²) in [6, 6.07) is 3.82. The van der Waals surface area contributed by atoms with E-state index in [1.54, 1.807) is 0 Å². The first-order chi connectivity index (χ1) is 6.57. The molecule has 0 radical (unpaired) electrons. The molecule has 0 aromatic heterocycles. The van der Waals surface area contributed by atoms with Crippen LogP contribution in [0.2, 0.25) is 0 Å². The minimum absolute atomic E-state index is 0.00954. The second-order valence-electron chi connectivity index (χ2n) is 2.79. The SMILES string of the molecule is CC(=O)c1c(C=O)cccc1C(F)F. The van der Waals surface area contributed by atoms with Gasteiger partial charge in [-0.1, -0.05) is 18.2 Å². The number of aldehydes is 1. The smallest absolute Gasteiger partial charge is 0.264 e. The molecule has 0 N–H and O–H groups in total. The maximum absolute atomic E-state index is 12.4. The molecule has 1 rings (SSSR count). The molecule has 0 aliphatic rings. The van der Waals surface area contributed by atoms with Crippen LogP contribution in [0.4, 0.5) is 8.78 Å². The lowest BCUT2D eigenvalue weighted by molar-refractivity contribution is 0.0991. The van der Waals surface area contributed by atoms with E-state index in [0.717, 1.165) is 13.0 Å². The number of halogens is 2. The van der Waals surface area contributed by atoms with Crippen LogP contribution in [0.25, 0.3) is 0 Å². The van der Waals surface area contributed by atoms with Crippen molar-refractivity contribution in [1.82, 2.24) is 0 Å². The number of ketones is 1. The van der Waals surface area contributed by atoms with Gasteiger partial charge in [-0.3, -0.25) is 9.59 Å². The van der Waals surface area contributed by atoms with Gasteiger partial charge in [-0.2, -0.15) is 0 Å². The number of hydrogen-bond acceptors (Lipinski definition) is 2. The highest BCUT2D eigenvalue weighted by atomic mass is 19.3. The highest BCUT2D eigenvalue weighted by Gasteiger charge is 2.18. The molecular weight excluding hydrogens is 190 g/mol. The van der Waals surface area contributed by atoms with Crippen LogP contribution in [-0.4, -0.2) is 12.1 Å². The quantitative estimate of drug-likeness (QED) is 0.552. The van der Waals surface area contributed by atoms with E-state index in [4.69, 9.17) is 0 Å². The van der Waals surface area contributed by atoms with Gasteiger partial charge in [0.1, 0.15) is 0 Å². The fourth-order valence-corrected chi connectivity index (χ4v) is 1.28. The minimum atomic E-state index is -2.74. The minimum Gasteiger partial charge on any atom is -0.298 e. The summed E-state index contributed by atoms with van der Waals surface area (Å²) in [6.45, 7) is 1.16. The number of hydrogen-bond donors (Lipinski definition) is 0. The van der Waals surface area contributed by atoms with Crippen molar-refractivity contribution in [2.75, 3.05) is 0 Å². The molecule has 0 aliphatic carbocycles. The summed E-state index contributed by atoms with van der Waals surface area (Å²) in [4.78, 5) is 21.6. The predicted octanol–water partition coefficient (Wildman–Crippen LogP) is 2.64. The van der Waals surface area contributed by atoms with Gasteiger partial charge in [0.15, 0.2) is 12.1 Å². The Kier molecular flexibility index (Phi) is 3.06. The average Bonchev–Trinajstić information content (AvgIpc) is 2.16. The van der Waals surface area contributed by atoms with E-state index < -0.39 is 12.2 Å². The largest absolute Gasteiger partial charge is 0.298 e. The van der Waals surface area contributed by atoms with E-state index in [1.807, 2.05) is 0 Å². The van der Waals surface area contributed by atoms with Gasteiger partial charge >= 0.3 is 0 Å². The molecule has 0 heterocycles. The van der Waals surface area contributed by atoms with Crippen LogP contribution in [0.3, 0.4) is 0 Å². The van der Waals surface area contributed by atoms with Gasteiger partial charge in [0.25, 0.3) is 6.43 Å². The van der Waals surface area contributed by atoms with Gasteiger partial charge in [-0.15, -0.1) is 0 Å². The first-order valence-corrected chi connectivity index (χ1v) is 3.95. The monoisotopic (exact) mass is 198 g/mol. The number of Topliss-reactive ketones (excluding diaryl/α,β-unsaturated/α-hetero) is 1. The number of benzene rings is 1. The molecule has 2 nitrogen and oxygen atoms in total. The molecule has 0 amide bonds. The number of alkyl halides is 2. The van der Waals surface area contributed by atoms with Crippen molar-refractivity contribution in [2.24, 2.45) is 0 Å². The standard InChI is InChI=1S/C10H8F2O2/c1-6(14)9-7(5-13)3-2-4-8(9)10(11)12/h2-5,10H,1H3. The van der Waals surface area contributed by atoms with Crippen LogP contribution in [-0.2, 0) is 0 Å². The Balaban J connectivity index is 3.43. The Morgan fingerprint density at radius 2 is 2.07 bits per heavy atom. The van der Waals surface area contributed by atoms with E-state index in [1.165, 1.54) is 12.1 Å². The van der Waals surface area contributed by atoms with Gasteiger partial charge < -0.3 is 0 Å². The van der Waals surface area contributed by atoms with Crippen molar-refractivity contribution in [1.29, 1.82) is 0 Å². The molecule has 14 heavy (non-hydrogen) atoms. The summed E-state index contributed by atoms with van der Waals surface area (Å²) in [6.07, 6.45) is -2.34. The van der Waals surface area contributed by atoms with Crippen LogP contribution in [0.5, 0.6) is 0 Å². The third-order valence-corrected chi connectivity index (χ3v) is 1.84. The van der Waals surface area contributed by atoms with Crippen LogP contribution >= 0.6 is 0 Å². The Labute approximate surface area is 79.5 Å². The summed E-state index contributed by atoms with van der Waals surface area (Å²) in [5.74, 6) is -0.525. The van der Waals surface area contributed by atoms with Crippen molar-refractivity contribution in [3.8, 4) is 0 Å². The van der Waals surface area contributed by atoms with Crippen LogP contribution < -0.4 is 0 Å². The van der Waals surface area contributed by atoms with Crippen LogP contribution in [0.15, 0.2) is 18.2 Å². The van der Waals surface area contributed by atoms with E-state index in [9.17, 15) is 18.4 Å². The van der Waals surface area contributed by atoms with Gasteiger partial charge in [0.2, 0.25) is 0 Å². The Hall–Kier alpha value is -1.58. The molecule has 0 atom stereocenters. The first kappa shape index (κ1) is 10.5. The van der Waals surface area contributed by atoms with E-state index in [-0.39, 0.29) is 16.7 Å². The number of carbonyl (C=O) groups excluding carboxylic acids is 2. The van der Waals surface area contributed by atoms with Crippen molar-refractivity contribution in [3.05, 3.63) is 34.9 Å². The maximum atomic E-state index is 12.4. The molecule has 0 fully saturated rings. The summed E-state index contributed by atoms with van der Waals surface area (Å²) in [5, 5.41) is 0. The average molecular weight is 198 g/mol. The van der Waals surface area contributed by atoms with Crippen molar-refractivity contribution >= 4 is 12.1 Å². The third-order valence-electron chi connectivity index (χ3n) is 1.84. The molecular formula is C10H8F2O2. The first-order valence-electron chi connectivity index (χ1n) is 3.95. The van der Waals surface area contributed by atoms with Crippen molar-refractivity contribution in [3.63, 3.8) is 0 Å². The normalized spacial score (nSPS) is 10.3. The maximum Gasteiger partial charge on any atom is 0.264 e. The molecule has 1 aromatic carbocycles. The fourth-order valence-electron chi connectivity index (χ4n) is 1.28. The lowest BCUT2D eigenvalue weighted by Crippen LogP contribution is -2.04. The molecule has 0 saturated carbocycles. The molecule has 0 bridgehead atoms. The zero-order chi connectivity index (χ0) is 10.7. The van der Waals surface area contributed by atoms with Gasteiger partial charge in [-0.25, -0.2) is 8.78 Å². The molecule has 0 unspecified atom stereocenters. The summed E-state index contributed by atoms with van der Waals surface area (Å²) in [5.41, 5.74) is -0.560. The van der Waals surface area contributed by atoms with Crippen LogP contribution in [0, 0.1) is 0 Å². The number of rotatable bonds is 3. The molecule has 0 saturated heterocycles. The second-order valence-corrected chi connectivity index (χ2v) is 2.79. The Morgan fingerprint density at radius 1 is 1.43 bits per heavy atom. The van der Waals surface area contributed by atoms with Crippen molar-refractivity contribution < 1.29 is 18.4 Å². The van der Waals surface area contributed by atoms with E-state index in [2.05, 4.69) is 0 Å². The van der Waals surface area contributed by atoms with E-state index >= 15 is 0 Å². The summed E-state index contributed by atoms with van der Waals surface area (Å²) < 4.78 is 24.9. The highest BCUT2D eigenvalue weighted by Crippen LogP contribution is 2.25.